The van der Waals surface area contributed by atoms with Crippen LogP contribution >= 0.6 is 7.60 Å². The van der Waals surface area contributed by atoms with Crippen molar-refractivity contribution in [2.75, 3.05) is 13.2 Å². The molecular formula is C20H23O5P. The average molecular weight is 374 g/mol. The highest BCUT2D eigenvalue weighted by Gasteiger charge is 2.51. The summed E-state index contributed by atoms with van der Waals surface area (Å²) in [5, 5.41) is 0. The highest BCUT2D eigenvalue weighted by Crippen LogP contribution is 2.60. The number of benzene rings is 2. The molecule has 2 unspecified atom stereocenters. The largest absolute Gasteiger partial charge is 0.426 e. The maximum absolute atomic E-state index is 13.4. The second-order valence-corrected chi connectivity index (χ2v) is 8.23. The Hall–Kier alpha value is -1.94. The van der Waals surface area contributed by atoms with E-state index in [0.717, 1.165) is 11.1 Å². The van der Waals surface area contributed by atoms with Crippen LogP contribution in [0.15, 0.2) is 54.6 Å². The quantitative estimate of drug-likeness (QED) is 0.404. The maximum Gasteiger partial charge on any atom is 0.345 e. The first-order valence-corrected chi connectivity index (χ1v) is 10.4. The summed E-state index contributed by atoms with van der Waals surface area (Å²) in [4.78, 5) is 12.8. The molecule has 0 N–H and O–H groups in total. The summed E-state index contributed by atoms with van der Waals surface area (Å²) in [6.45, 7) is 3.86. The van der Waals surface area contributed by atoms with Crippen molar-refractivity contribution in [1.82, 2.24) is 0 Å². The van der Waals surface area contributed by atoms with Crippen LogP contribution < -0.4 is 4.74 Å². The fourth-order valence-electron chi connectivity index (χ4n) is 3.38. The highest BCUT2D eigenvalue weighted by atomic mass is 31.2. The number of esters is 1. The van der Waals surface area contributed by atoms with Gasteiger partial charge in [-0.15, -0.1) is 0 Å². The van der Waals surface area contributed by atoms with Crippen LogP contribution in [0.1, 0.15) is 30.9 Å². The van der Waals surface area contributed by atoms with Gasteiger partial charge >= 0.3 is 13.6 Å². The van der Waals surface area contributed by atoms with Gasteiger partial charge in [0.1, 0.15) is 5.75 Å². The van der Waals surface area contributed by atoms with E-state index in [-0.39, 0.29) is 19.1 Å². The Balaban J connectivity index is 2.07. The molecule has 0 aromatic heterocycles. The summed E-state index contributed by atoms with van der Waals surface area (Å²) in [7, 11) is -3.67. The number of carbonyl (C=O) groups is 1. The molecule has 2 aromatic rings. The van der Waals surface area contributed by atoms with Gasteiger partial charge in [0.05, 0.1) is 13.2 Å². The fourth-order valence-corrected chi connectivity index (χ4v) is 5.51. The fraction of sp³-hybridized carbons (Fsp3) is 0.350. The molecule has 0 saturated heterocycles. The van der Waals surface area contributed by atoms with E-state index < -0.39 is 19.2 Å². The first kappa shape index (κ1) is 18.8. The monoisotopic (exact) mass is 374 g/mol. The SMILES string of the molecule is CCOP(=O)(OCC)C1C(=O)Oc2ccccc2C1Cc1ccccc1. The highest BCUT2D eigenvalue weighted by molar-refractivity contribution is 7.55. The molecule has 0 radical (unpaired) electrons. The molecule has 26 heavy (non-hydrogen) atoms. The minimum Gasteiger partial charge on any atom is -0.426 e. The van der Waals surface area contributed by atoms with Crippen molar-refractivity contribution in [3.63, 3.8) is 0 Å². The molecule has 0 amide bonds. The van der Waals surface area contributed by atoms with Gasteiger partial charge in [-0.1, -0.05) is 48.5 Å². The van der Waals surface area contributed by atoms with Crippen molar-refractivity contribution in [1.29, 1.82) is 0 Å². The summed E-state index contributed by atoms with van der Waals surface area (Å²) >= 11 is 0. The molecule has 6 heteroatoms. The van der Waals surface area contributed by atoms with Gasteiger partial charge in [-0.25, -0.2) is 0 Å². The van der Waals surface area contributed by atoms with Gasteiger partial charge in [-0.3, -0.25) is 9.36 Å². The summed E-state index contributed by atoms with van der Waals surface area (Å²) in [5.41, 5.74) is 0.907. The topological polar surface area (TPSA) is 61.8 Å². The molecule has 5 nitrogen and oxygen atoms in total. The third-order valence-electron chi connectivity index (χ3n) is 4.41. The average Bonchev–Trinajstić information content (AvgIpc) is 2.63. The number of hydrogen-bond donors (Lipinski definition) is 0. The predicted molar refractivity (Wildman–Crippen MR) is 99.6 cm³/mol. The van der Waals surface area contributed by atoms with Crippen molar-refractivity contribution in [3.05, 3.63) is 65.7 Å². The predicted octanol–water partition coefficient (Wildman–Crippen LogP) is 4.57. The molecule has 138 valence electrons. The number of fused-ring (bicyclic) bond motifs is 1. The van der Waals surface area contributed by atoms with Crippen LogP contribution in [0.3, 0.4) is 0 Å². The lowest BCUT2D eigenvalue weighted by Crippen LogP contribution is -2.38. The maximum atomic E-state index is 13.4. The molecule has 1 aliphatic heterocycles. The molecule has 1 heterocycles. The van der Waals surface area contributed by atoms with Crippen molar-refractivity contribution in [2.24, 2.45) is 0 Å². The zero-order valence-electron chi connectivity index (χ0n) is 15.0. The second-order valence-electron chi connectivity index (χ2n) is 6.08. The van der Waals surface area contributed by atoms with Gasteiger partial charge in [0, 0.05) is 5.92 Å². The Morgan fingerprint density at radius 2 is 1.58 bits per heavy atom. The number of para-hydroxylation sites is 1. The Morgan fingerprint density at radius 1 is 0.962 bits per heavy atom. The van der Waals surface area contributed by atoms with Crippen molar-refractivity contribution in [3.8, 4) is 5.75 Å². The van der Waals surface area contributed by atoms with E-state index in [4.69, 9.17) is 13.8 Å². The number of ether oxygens (including phenoxy) is 1. The van der Waals surface area contributed by atoms with Crippen LogP contribution in [0.4, 0.5) is 0 Å². The smallest absolute Gasteiger partial charge is 0.345 e. The molecule has 0 fully saturated rings. The van der Waals surface area contributed by atoms with Crippen LogP contribution in [0.25, 0.3) is 0 Å². The Kier molecular flexibility index (Phi) is 5.92. The van der Waals surface area contributed by atoms with Gasteiger partial charge in [0.25, 0.3) is 0 Å². The molecule has 3 rings (SSSR count). The minimum atomic E-state index is -3.67. The molecule has 2 aromatic carbocycles. The van der Waals surface area contributed by atoms with E-state index >= 15 is 0 Å². The van der Waals surface area contributed by atoms with Gasteiger partial charge in [0.2, 0.25) is 0 Å². The summed E-state index contributed by atoms with van der Waals surface area (Å²) < 4.78 is 29.9. The van der Waals surface area contributed by atoms with E-state index in [9.17, 15) is 9.36 Å². The van der Waals surface area contributed by atoms with Crippen LogP contribution in [-0.4, -0.2) is 24.8 Å². The summed E-state index contributed by atoms with van der Waals surface area (Å²) in [6, 6.07) is 17.2. The van der Waals surface area contributed by atoms with E-state index in [1.54, 1.807) is 19.9 Å². The lowest BCUT2D eigenvalue weighted by molar-refractivity contribution is -0.136. The van der Waals surface area contributed by atoms with Crippen molar-refractivity contribution < 1.29 is 23.1 Å². The molecule has 0 spiro atoms. The first-order valence-electron chi connectivity index (χ1n) is 8.82. The van der Waals surface area contributed by atoms with Crippen LogP contribution in [-0.2, 0) is 24.8 Å². The molecule has 0 aliphatic carbocycles. The van der Waals surface area contributed by atoms with Crippen LogP contribution in [0.5, 0.6) is 5.75 Å². The van der Waals surface area contributed by atoms with Crippen LogP contribution in [0.2, 0.25) is 0 Å². The molecule has 0 saturated carbocycles. The zero-order valence-corrected chi connectivity index (χ0v) is 15.9. The van der Waals surface area contributed by atoms with Gasteiger partial charge in [-0.2, -0.15) is 0 Å². The van der Waals surface area contributed by atoms with Gasteiger partial charge in [-0.05, 0) is 37.5 Å². The number of carbonyl (C=O) groups excluding carboxylic acids is 1. The number of rotatable bonds is 7. The Labute approximate surface area is 153 Å². The lowest BCUT2D eigenvalue weighted by atomic mass is 9.87. The summed E-state index contributed by atoms with van der Waals surface area (Å²) in [6.07, 6.45) is 0.543. The van der Waals surface area contributed by atoms with E-state index in [2.05, 4.69) is 0 Å². The van der Waals surface area contributed by atoms with E-state index in [1.807, 2.05) is 48.5 Å². The van der Waals surface area contributed by atoms with E-state index in [1.165, 1.54) is 0 Å². The standard InChI is InChI=1S/C20H23O5P/c1-3-23-26(22,24-4-2)19-17(14-15-10-6-5-7-11-15)16-12-8-9-13-18(16)25-20(19)21/h5-13,17,19H,3-4,14H2,1-2H3. The van der Waals surface area contributed by atoms with Gasteiger partial charge in [0.15, 0.2) is 5.66 Å². The Bertz CT molecular complexity index is 795. The Morgan fingerprint density at radius 3 is 2.23 bits per heavy atom. The molecule has 2 atom stereocenters. The lowest BCUT2D eigenvalue weighted by Gasteiger charge is -2.35. The normalized spacial score (nSPS) is 19.7. The van der Waals surface area contributed by atoms with Crippen LogP contribution in [0, 0.1) is 0 Å². The third kappa shape index (κ3) is 3.75. The number of hydrogen-bond acceptors (Lipinski definition) is 5. The first-order chi connectivity index (χ1) is 12.6. The second kappa shape index (κ2) is 8.17. The molecule has 0 bridgehead atoms. The molecular weight excluding hydrogens is 351 g/mol. The summed E-state index contributed by atoms with van der Waals surface area (Å²) in [5.74, 6) is -0.400. The van der Waals surface area contributed by atoms with Crippen molar-refractivity contribution in [2.45, 2.75) is 31.8 Å². The van der Waals surface area contributed by atoms with E-state index in [0.29, 0.717) is 12.2 Å². The zero-order chi connectivity index (χ0) is 18.6. The molecule has 1 aliphatic rings. The third-order valence-corrected chi connectivity index (χ3v) is 6.90. The van der Waals surface area contributed by atoms with Gasteiger partial charge < -0.3 is 13.8 Å². The van der Waals surface area contributed by atoms with Crippen molar-refractivity contribution >= 4 is 13.6 Å². The minimum absolute atomic E-state index is 0.195.